The summed E-state index contributed by atoms with van der Waals surface area (Å²) in [4.78, 5) is 10.8. The summed E-state index contributed by atoms with van der Waals surface area (Å²) in [6.45, 7) is 3.57. The van der Waals surface area contributed by atoms with Gasteiger partial charge < -0.3 is 5.73 Å². The number of carbonyl (C=O) groups is 1. The van der Waals surface area contributed by atoms with Gasteiger partial charge in [0.1, 0.15) is 5.75 Å². The van der Waals surface area contributed by atoms with Crippen LogP contribution in [-0.4, -0.2) is 20.1 Å². The van der Waals surface area contributed by atoms with E-state index in [1.165, 1.54) is 6.07 Å². The number of amides is 1. The Kier molecular flexibility index (Phi) is 3.14. The van der Waals surface area contributed by atoms with E-state index in [4.69, 9.17) is 5.73 Å². The van der Waals surface area contributed by atoms with Crippen LogP contribution in [0.15, 0.2) is 23.1 Å². The second kappa shape index (κ2) is 4.02. The summed E-state index contributed by atoms with van der Waals surface area (Å²) in [5.74, 6) is -1.48. The van der Waals surface area contributed by atoms with Crippen molar-refractivity contribution in [2.45, 2.75) is 18.7 Å². The molecule has 2 N–H and O–H groups in total. The molecule has 0 atom stereocenters. The minimum atomic E-state index is -3.58. The van der Waals surface area contributed by atoms with E-state index in [0.29, 0.717) is 5.56 Å². The second-order valence-corrected chi connectivity index (χ2v) is 5.45. The van der Waals surface area contributed by atoms with Gasteiger partial charge >= 0.3 is 0 Å². The molecular weight excluding hydrogens is 214 g/mol. The number of hydrogen-bond donors (Lipinski definition) is 1. The Hall–Kier alpha value is -1.36. The number of sulfone groups is 1. The Morgan fingerprint density at radius 3 is 2.40 bits per heavy atom. The smallest absolute Gasteiger partial charge is 0.233 e. The van der Waals surface area contributed by atoms with Crippen molar-refractivity contribution in [1.82, 2.24) is 0 Å². The van der Waals surface area contributed by atoms with E-state index >= 15 is 0 Å². The van der Waals surface area contributed by atoms with Crippen LogP contribution in [0.5, 0.6) is 0 Å². The maximum Gasteiger partial charge on any atom is 0.233 e. The van der Waals surface area contributed by atoms with Crippen LogP contribution in [0.3, 0.4) is 0 Å². The van der Waals surface area contributed by atoms with E-state index < -0.39 is 21.5 Å². The molecule has 0 bridgehead atoms. The van der Waals surface area contributed by atoms with E-state index in [-0.39, 0.29) is 4.90 Å². The van der Waals surface area contributed by atoms with Crippen molar-refractivity contribution in [1.29, 1.82) is 0 Å². The number of nitrogens with two attached hydrogens (primary N) is 1. The average Bonchev–Trinajstić information content (AvgIpc) is 1.99. The van der Waals surface area contributed by atoms with E-state index in [0.717, 1.165) is 5.56 Å². The van der Waals surface area contributed by atoms with Gasteiger partial charge in [-0.2, -0.15) is 0 Å². The largest absolute Gasteiger partial charge is 0.369 e. The third-order valence-corrected chi connectivity index (χ3v) is 3.79. The molecule has 82 valence electrons. The van der Waals surface area contributed by atoms with Gasteiger partial charge in [-0.1, -0.05) is 17.7 Å². The summed E-state index contributed by atoms with van der Waals surface area (Å²) in [5.41, 5.74) is 6.49. The highest BCUT2D eigenvalue weighted by Crippen LogP contribution is 2.17. The Labute approximate surface area is 89.0 Å². The van der Waals surface area contributed by atoms with Crippen molar-refractivity contribution in [3.05, 3.63) is 29.3 Å². The molecule has 0 saturated carbocycles. The molecule has 1 amide bonds. The molecule has 1 rings (SSSR count). The average molecular weight is 227 g/mol. The van der Waals surface area contributed by atoms with E-state index in [1.807, 2.05) is 6.92 Å². The number of aryl methyl sites for hydroxylation is 2. The van der Waals surface area contributed by atoms with Crippen molar-refractivity contribution in [3.63, 3.8) is 0 Å². The predicted molar refractivity (Wildman–Crippen MR) is 57.2 cm³/mol. The van der Waals surface area contributed by atoms with Crippen molar-refractivity contribution in [3.8, 4) is 0 Å². The summed E-state index contributed by atoms with van der Waals surface area (Å²) in [6, 6.07) is 4.96. The highest BCUT2D eigenvalue weighted by molar-refractivity contribution is 7.92. The van der Waals surface area contributed by atoms with Gasteiger partial charge in [0.05, 0.1) is 4.90 Å². The summed E-state index contributed by atoms with van der Waals surface area (Å²) in [5, 5.41) is 0. The highest BCUT2D eigenvalue weighted by atomic mass is 32.2. The van der Waals surface area contributed by atoms with Crippen LogP contribution < -0.4 is 5.73 Å². The van der Waals surface area contributed by atoms with Crippen LogP contribution >= 0.6 is 0 Å². The minimum absolute atomic E-state index is 0.173. The van der Waals surface area contributed by atoms with Gasteiger partial charge in [-0.15, -0.1) is 0 Å². The number of carbonyl (C=O) groups excluding carboxylic acids is 1. The zero-order chi connectivity index (χ0) is 11.6. The van der Waals surface area contributed by atoms with E-state index in [9.17, 15) is 13.2 Å². The fourth-order valence-electron chi connectivity index (χ4n) is 1.41. The van der Waals surface area contributed by atoms with Crippen molar-refractivity contribution in [2.75, 3.05) is 5.75 Å². The molecule has 0 aliphatic carbocycles. The first-order chi connectivity index (χ1) is 6.83. The van der Waals surface area contributed by atoms with Gasteiger partial charge in [0, 0.05) is 0 Å². The normalized spacial score (nSPS) is 11.3. The van der Waals surface area contributed by atoms with E-state index in [1.54, 1.807) is 19.1 Å². The molecule has 5 heteroatoms. The molecule has 1 aromatic carbocycles. The lowest BCUT2D eigenvalue weighted by atomic mass is 10.2. The Morgan fingerprint density at radius 2 is 1.93 bits per heavy atom. The molecule has 1 aromatic rings. The first kappa shape index (κ1) is 11.7. The summed E-state index contributed by atoms with van der Waals surface area (Å²) >= 11 is 0. The molecule has 4 nitrogen and oxygen atoms in total. The fraction of sp³-hybridized carbons (Fsp3) is 0.300. The Morgan fingerprint density at radius 1 is 1.33 bits per heavy atom. The summed E-state index contributed by atoms with van der Waals surface area (Å²) in [7, 11) is -3.58. The fourth-order valence-corrected chi connectivity index (χ4v) is 2.77. The van der Waals surface area contributed by atoms with E-state index in [2.05, 4.69) is 0 Å². The number of primary amides is 1. The first-order valence-corrected chi connectivity index (χ1v) is 6.06. The summed E-state index contributed by atoms with van der Waals surface area (Å²) in [6.07, 6.45) is 0. The molecule has 15 heavy (non-hydrogen) atoms. The zero-order valence-corrected chi connectivity index (χ0v) is 9.47. The third kappa shape index (κ3) is 2.79. The number of rotatable bonds is 3. The van der Waals surface area contributed by atoms with Gasteiger partial charge in [0.15, 0.2) is 9.84 Å². The Bertz CT molecular complexity index is 491. The molecule has 0 aliphatic heterocycles. The first-order valence-electron chi connectivity index (χ1n) is 4.41. The maximum atomic E-state index is 11.7. The van der Waals surface area contributed by atoms with Crippen LogP contribution in [0.2, 0.25) is 0 Å². The highest BCUT2D eigenvalue weighted by Gasteiger charge is 2.19. The lowest BCUT2D eigenvalue weighted by Gasteiger charge is -2.06. The molecular formula is C10H13NO3S. The van der Waals surface area contributed by atoms with Gasteiger partial charge in [-0.25, -0.2) is 8.42 Å². The molecule has 0 aromatic heterocycles. The zero-order valence-electron chi connectivity index (χ0n) is 8.65. The predicted octanol–water partition coefficient (Wildman–Crippen LogP) is 0.562. The van der Waals surface area contributed by atoms with Gasteiger partial charge in [-0.3, -0.25) is 4.79 Å². The third-order valence-electron chi connectivity index (χ3n) is 2.00. The molecule has 0 radical (unpaired) electrons. The van der Waals surface area contributed by atoms with Crippen molar-refractivity contribution < 1.29 is 13.2 Å². The van der Waals surface area contributed by atoms with Crippen LogP contribution in [0.25, 0.3) is 0 Å². The van der Waals surface area contributed by atoms with Crippen LogP contribution in [0.4, 0.5) is 0 Å². The monoisotopic (exact) mass is 227 g/mol. The molecule has 0 saturated heterocycles. The number of benzene rings is 1. The lowest BCUT2D eigenvalue weighted by molar-refractivity contribution is -0.115. The van der Waals surface area contributed by atoms with Gasteiger partial charge in [0.25, 0.3) is 0 Å². The molecule has 0 spiro atoms. The van der Waals surface area contributed by atoms with Gasteiger partial charge in [-0.05, 0) is 25.5 Å². The lowest BCUT2D eigenvalue weighted by Crippen LogP contribution is -2.23. The standard InChI is InChI=1S/C10H13NO3S/c1-7-3-4-9(8(2)5-7)15(13,14)6-10(11)12/h3-5H,6H2,1-2H3,(H2,11,12). The van der Waals surface area contributed by atoms with Crippen LogP contribution in [0, 0.1) is 13.8 Å². The van der Waals surface area contributed by atoms with Crippen LogP contribution in [-0.2, 0) is 14.6 Å². The van der Waals surface area contributed by atoms with Crippen molar-refractivity contribution >= 4 is 15.7 Å². The SMILES string of the molecule is Cc1ccc(S(=O)(=O)CC(N)=O)c(C)c1. The quantitative estimate of drug-likeness (QED) is 0.819. The second-order valence-electron chi connectivity index (χ2n) is 3.49. The van der Waals surface area contributed by atoms with Crippen LogP contribution in [0.1, 0.15) is 11.1 Å². The Balaban J connectivity index is 3.22. The topological polar surface area (TPSA) is 77.2 Å². The molecule has 0 unspecified atom stereocenters. The molecule has 0 heterocycles. The van der Waals surface area contributed by atoms with Gasteiger partial charge in [0.2, 0.25) is 5.91 Å². The number of hydrogen-bond acceptors (Lipinski definition) is 3. The minimum Gasteiger partial charge on any atom is -0.369 e. The molecule has 0 fully saturated rings. The molecule has 0 aliphatic rings. The maximum absolute atomic E-state index is 11.7. The van der Waals surface area contributed by atoms with Crippen molar-refractivity contribution in [2.24, 2.45) is 5.73 Å². The summed E-state index contributed by atoms with van der Waals surface area (Å²) < 4.78 is 23.3.